The summed E-state index contributed by atoms with van der Waals surface area (Å²) in [6, 6.07) is 7.37. The fourth-order valence-electron chi connectivity index (χ4n) is 4.23. The van der Waals surface area contributed by atoms with Gasteiger partial charge in [0.1, 0.15) is 5.60 Å². The predicted octanol–water partition coefficient (Wildman–Crippen LogP) is 5.79. The van der Waals surface area contributed by atoms with Crippen LogP contribution in [0.5, 0.6) is 0 Å². The van der Waals surface area contributed by atoms with Gasteiger partial charge in [0, 0.05) is 40.4 Å². The van der Waals surface area contributed by atoms with E-state index in [1.807, 2.05) is 44.2 Å². The highest BCUT2D eigenvalue weighted by Gasteiger charge is 2.46. The van der Waals surface area contributed by atoms with Gasteiger partial charge in [0.05, 0.1) is 5.70 Å². The van der Waals surface area contributed by atoms with Gasteiger partial charge in [-0.3, -0.25) is 4.90 Å². The maximum absolute atomic E-state index is 11.7. The molecule has 1 N–H and O–H groups in total. The Labute approximate surface area is 188 Å². The highest BCUT2D eigenvalue weighted by atomic mass is 35.5. The summed E-state index contributed by atoms with van der Waals surface area (Å²) in [5, 5.41) is 22.1. The highest BCUT2D eigenvalue weighted by Crippen LogP contribution is 2.53. The molecule has 4 rings (SSSR count). The van der Waals surface area contributed by atoms with Crippen molar-refractivity contribution >= 4 is 23.2 Å². The lowest BCUT2D eigenvalue weighted by molar-refractivity contribution is 0.130. The summed E-state index contributed by atoms with van der Waals surface area (Å²) >= 11 is 12.7. The maximum Gasteiger partial charge on any atom is 0.184 e. The molecule has 1 fully saturated rings. The highest BCUT2D eigenvalue weighted by molar-refractivity contribution is 6.32. The van der Waals surface area contributed by atoms with Crippen LogP contribution in [0.15, 0.2) is 69.9 Å². The van der Waals surface area contributed by atoms with E-state index in [4.69, 9.17) is 27.9 Å². The maximum atomic E-state index is 11.7. The number of aliphatic hydroxyl groups is 1. The van der Waals surface area contributed by atoms with Gasteiger partial charge in [-0.1, -0.05) is 48.3 Å². The number of likely N-dealkylation sites (tertiary alicyclic amines) is 1. The molecule has 30 heavy (non-hydrogen) atoms. The van der Waals surface area contributed by atoms with E-state index in [1.165, 1.54) is 0 Å². The van der Waals surface area contributed by atoms with Crippen LogP contribution in [0.2, 0.25) is 5.02 Å². The lowest BCUT2D eigenvalue weighted by atomic mass is 9.78. The molecular weight excluding hydrogens is 419 g/mol. The average Bonchev–Trinajstić information content (AvgIpc) is 3.23. The second kappa shape index (κ2) is 9.41. The summed E-state index contributed by atoms with van der Waals surface area (Å²) in [6.45, 7) is 7.73. The molecule has 1 aliphatic heterocycles. The van der Waals surface area contributed by atoms with Crippen molar-refractivity contribution in [3.05, 3.63) is 80.5 Å². The number of nitrogens with zero attached hydrogens (tertiary/aromatic N) is 2. The van der Waals surface area contributed by atoms with E-state index in [1.54, 1.807) is 17.0 Å². The Morgan fingerprint density at radius 1 is 1.20 bits per heavy atom. The Kier molecular flexibility index (Phi) is 7.10. The molecule has 0 aromatic heterocycles. The minimum absolute atomic E-state index is 0.122. The molecule has 2 unspecified atom stereocenters. The first-order chi connectivity index (χ1) is 14.4. The van der Waals surface area contributed by atoms with Crippen molar-refractivity contribution in [2.75, 3.05) is 13.2 Å². The Balaban J connectivity index is 0.000000461. The van der Waals surface area contributed by atoms with Gasteiger partial charge >= 0.3 is 0 Å². The number of hydrogen-bond donors (Lipinski definition) is 1. The largest absolute Gasteiger partial charge is 0.382 e. The molecule has 0 amide bonds. The number of allylic oxidation sites excluding steroid dienone is 4. The summed E-state index contributed by atoms with van der Waals surface area (Å²) < 4.78 is 4.83. The average molecular weight is 445 g/mol. The van der Waals surface area contributed by atoms with Crippen LogP contribution in [0.3, 0.4) is 0 Å². The Morgan fingerprint density at radius 2 is 1.90 bits per heavy atom. The number of ether oxygens (including phenoxy) is 1. The first kappa shape index (κ1) is 22.7. The van der Waals surface area contributed by atoms with Crippen LogP contribution in [0.4, 0.5) is 0 Å². The second-order valence-corrected chi connectivity index (χ2v) is 8.12. The van der Waals surface area contributed by atoms with Crippen LogP contribution in [0, 0.1) is 11.5 Å². The Morgan fingerprint density at radius 3 is 2.47 bits per heavy atom. The van der Waals surface area contributed by atoms with E-state index in [-0.39, 0.29) is 6.04 Å². The van der Waals surface area contributed by atoms with Crippen molar-refractivity contribution in [1.82, 2.24) is 4.90 Å². The fourth-order valence-corrected chi connectivity index (χ4v) is 4.78. The molecule has 1 aromatic rings. The summed E-state index contributed by atoms with van der Waals surface area (Å²) in [4.78, 5) is 1.74. The van der Waals surface area contributed by atoms with E-state index >= 15 is 0 Å². The zero-order valence-corrected chi connectivity index (χ0v) is 19.0. The van der Waals surface area contributed by atoms with Crippen LogP contribution in [-0.2, 0) is 10.3 Å². The molecule has 1 heterocycles. The number of nitriles is 1. The first-order valence-corrected chi connectivity index (χ1v) is 11.0. The van der Waals surface area contributed by atoms with Gasteiger partial charge in [0.15, 0.2) is 6.19 Å². The number of hydrogen-bond acceptors (Lipinski definition) is 4. The summed E-state index contributed by atoms with van der Waals surface area (Å²) in [5.41, 5.74) is 2.69. The van der Waals surface area contributed by atoms with Crippen molar-refractivity contribution in [2.24, 2.45) is 0 Å². The van der Waals surface area contributed by atoms with Gasteiger partial charge < -0.3 is 9.84 Å². The van der Waals surface area contributed by atoms with E-state index in [0.717, 1.165) is 48.5 Å². The summed E-state index contributed by atoms with van der Waals surface area (Å²) in [7, 11) is 0. The third kappa shape index (κ3) is 3.96. The van der Waals surface area contributed by atoms with Crippen molar-refractivity contribution in [3.63, 3.8) is 0 Å². The molecule has 3 aliphatic rings. The van der Waals surface area contributed by atoms with Crippen LogP contribution < -0.4 is 0 Å². The van der Waals surface area contributed by atoms with Crippen LogP contribution >= 0.6 is 23.2 Å². The SMILES string of the molecule is CCC1CC2=C3C(=CC(Cl)=CC3(O)c3ccccc3Cl)C=C2N1C#N.CCOCC. The van der Waals surface area contributed by atoms with Gasteiger partial charge in [-0.05, 0) is 62.1 Å². The number of benzene rings is 1. The normalized spacial score (nSPS) is 24.2. The van der Waals surface area contributed by atoms with Gasteiger partial charge in [-0.25, -0.2) is 0 Å². The molecular formula is C24H26Cl2N2O2. The molecule has 2 atom stereocenters. The molecule has 0 spiro atoms. The van der Waals surface area contributed by atoms with Crippen molar-refractivity contribution in [2.45, 2.75) is 45.3 Å². The topological polar surface area (TPSA) is 56.5 Å². The monoisotopic (exact) mass is 444 g/mol. The molecule has 1 saturated heterocycles. The molecule has 1 aromatic carbocycles. The minimum atomic E-state index is -1.41. The fraction of sp³-hybridized carbons (Fsp3) is 0.375. The number of fused-ring (bicyclic) bond motifs is 2. The first-order valence-electron chi connectivity index (χ1n) is 10.2. The van der Waals surface area contributed by atoms with E-state index < -0.39 is 5.60 Å². The molecule has 6 heteroatoms. The number of rotatable bonds is 4. The third-order valence-corrected chi connectivity index (χ3v) is 6.10. The van der Waals surface area contributed by atoms with Crippen LogP contribution in [0.25, 0.3) is 0 Å². The van der Waals surface area contributed by atoms with E-state index in [2.05, 4.69) is 13.1 Å². The Hall–Kier alpha value is -2.03. The molecule has 0 bridgehead atoms. The molecule has 0 saturated carbocycles. The van der Waals surface area contributed by atoms with E-state index in [9.17, 15) is 10.4 Å². The third-order valence-electron chi connectivity index (χ3n) is 5.55. The van der Waals surface area contributed by atoms with Gasteiger partial charge in [-0.15, -0.1) is 0 Å². The van der Waals surface area contributed by atoms with Crippen molar-refractivity contribution in [3.8, 4) is 6.19 Å². The zero-order chi connectivity index (χ0) is 21.9. The van der Waals surface area contributed by atoms with Crippen molar-refractivity contribution in [1.29, 1.82) is 5.26 Å². The van der Waals surface area contributed by atoms with E-state index in [0.29, 0.717) is 15.6 Å². The second-order valence-electron chi connectivity index (χ2n) is 7.28. The number of halogens is 2. The van der Waals surface area contributed by atoms with Gasteiger partial charge in [0.2, 0.25) is 0 Å². The van der Waals surface area contributed by atoms with Crippen molar-refractivity contribution < 1.29 is 9.84 Å². The Bertz CT molecular complexity index is 985. The summed E-state index contributed by atoms with van der Waals surface area (Å²) in [5.74, 6) is 0. The van der Waals surface area contributed by atoms with Crippen LogP contribution in [0.1, 0.15) is 39.2 Å². The predicted molar refractivity (Wildman–Crippen MR) is 121 cm³/mol. The quantitative estimate of drug-likeness (QED) is 0.596. The lowest BCUT2D eigenvalue weighted by Crippen LogP contribution is -2.29. The molecule has 4 nitrogen and oxygen atoms in total. The van der Waals surface area contributed by atoms with Gasteiger partial charge in [-0.2, -0.15) is 5.26 Å². The van der Waals surface area contributed by atoms with Crippen LogP contribution in [-0.4, -0.2) is 29.3 Å². The standard InChI is InChI=1S/C20H16Cl2N2O.C4H10O/c1-2-14-9-15-18(24(14)11-23)8-12-7-13(21)10-20(25,19(12)15)16-5-3-4-6-17(16)22;1-3-5-4-2/h3-8,10,14,25H,2,9H2,1H3;3-4H2,1-2H3. The lowest BCUT2D eigenvalue weighted by Gasteiger charge is -2.32. The van der Waals surface area contributed by atoms with Gasteiger partial charge in [0.25, 0.3) is 0 Å². The minimum Gasteiger partial charge on any atom is -0.382 e. The molecule has 2 aliphatic carbocycles. The zero-order valence-electron chi connectivity index (χ0n) is 17.5. The summed E-state index contributed by atoms with van der Waals surface area (Å²) in [6.07, 6.45) is 9.28. The molecule has 158 valence electrons. The molecule has 0 radical (unpaired) electrons. The smallest absolute Gasteiger partial charge is 0.184 e.